The summed E-state index contributed by atoms with van der Waals surface area (Å²) < 4.78 is 33.4. The zero-order valence-corrected chi connectivity index (χ0v) is 17.6. The molecule has 0 saturated carbocycles. The largest absolute Gasteiger partial charge is 0.497 e. The molecular weight excluding hydrogens is 408 g/mol. The number of carbonyl (C=O) groups excluding carboxylic acids is 2. The molecule has 3 rings (SSSR count). The molecule has 31 heavy (non-hydrogen) atoms. The highest BCUT2D eigenvalue weighted by molar-refractivity contribution is 5.94. The first-order valence-electron chi connectivity index (χ1n) is 9.86. The molecule has 0 radical (unpaired) electrons. The number of methoxy groups -OCH3 is 1. The maximum Gasteiger partial charge on any atom is 0.273 e. The fourth-order valence-electron chi connectivity index (χ4n) is 3.39. The first-order valence-corrected chi connectivity index (χ1v) is 9.86. The molecule has 1 fully saturated rings. The van der Waals surface area contributed by atoms with E-state index in [9.17, 15) is 18.4 Å². The number of pyridine rings is 2. The third-order valence-corrected chi connectivity index (χ3v) is 5.06. The maximum atomic E-state index is 14.1. The highest BCUT2D eigenvalue weighted by atomic mass is 19.3. The van der Waals surface area contributed by atoms with Crippen LogP contribution in [-0.2, 0) is 4.79 Å². The minimum absolute atomic E-state index is 0.0680. The van der Waals surface area contributed by atoms with Gasteiger partial charge in [0, 0.05) is 38.2 Å². The van der Waals surface area contributed by atoms with Crippen molar-refractivity contribution in [2.24, 2.45) is 0 Å². The van der Waals surface area contributed by atoms with Gasteiger partial charge in [0.1, 0.15) is 23.1 Å². The predicted octanol–water partition coefficient (Wildman–Crippen LogP) is 2.91. The lowest BCUT2D eigenvalue weighted by atomic mass is 9.98. The fraction of sp³-hybridized carbons (Fsp3) is 0.429. The average Bonchev–Trinajstić information content (AvgIpc) is 2.73. The molecule has 8 nitrogen and oxygen atoms in total. The number of ether oxygens (including phenoxy) is 1. The molecular formula is C21H25F2N5O3. The van der Waals surface area contributed by atoms with E-state index < -0.39 is 24.4 Å². The molecule has 0 bridgehead atoms. The van der Waals surface area contributed by atoms with Crippen LogP contribution in [0.4, 0.5) is 20.4 Å². The Labute approximate surface area is 179 Å². The quantitative estimate of drug-likeness (QED) is 0.727. The van der Waals surface area contributed by atoms with E-state index >= 15 is 0 Å². The first-order chi connectivity index (χ1) is 14.7. The smallest absolute Gasteiger partial charge is 0.273 e. The molecule has 2 N–H and O–H groups in total. The fourth-order valence-corrected chi connectivity index (χ4v) is 3.39. The topological polar surface area (TPSA) is 96.5 Å². The van der Waals surface area contributed by atoms with E-state index in [2.05, 4.69) is 20.6 Å². The summed E-state index contributed by atoms with van der Waals surface area (Å²) >= 11 is 0. The molecule has 0 aromatic carbocycles. The molecule has 2 aromatic heterocycles. The Bertz CT molecular complexity index is 970. The lowest BCUT2D eigenvalue weighted by molar-refractivity contribution is -0.119. The number of hydrogen-bond acceptors (Lipinski definition) is 6. The van der Waals surface area contributed by atoms with Gasteiger partial charge in [0.15, 0.2) is 0 Å². The molecule has 166 valence electrons. The van der Waals surface area contributed by atoms with Gasteiger partial charge in [-0.2, -0.15) is 0 Å². The maximum absolute atomic E-state index is 14.1. The molecule has 0 spiro atoms. The number of anilines is 2. The molecule has 2 aromatic rings. The number of hydrogen-bond donors (Lipinski definition) is 2. The van der Waals surface area contributed by atoms with Crippen molar-refractivity contribution in [2.75, 3.05) is 25.5 Å². The molecule has 1 aliphatic rings. The zero-order valence-electron chi connectivity index (χ0n) is 17.6. The van der Waals surface area contributed by atoms with E-state index in [0.717, 1.165) is 4.90 Å². The number of piperidine rings is 1. The molecule has 0 aliphatic carbocycles. The van der Waals surface area contributed by atoms with Crippen molar-refractivity contribution in [3.63, 3.8) is 0 Å². The molecule has 1 atom stereocenters. The second kappa shape index (κ2) is 9.23. The van der Waals surface area contributed by atoms with Crippen LogP contribution < -0.4 is 15.4 Å². The zero-order chi connectivity index (χ0) is 22.6. The number of halogens is 2. The summed E-state index contributed by atoms with van der Waals surface area (Å²) in [6, 6.07) is 6.18. The second-order valence-corrected chi connectivity index (χ2v) is 7.49. The summed E-state index contributed by atoms with van der Waals surface area (Å²) in [4.78, 5) is 34.2. The summed E-state index contributed by atoms with van der Waals surface area (Å²) in [6.07, 6.45) is 1.31. The van der Waals surface area contributed by atoms with Gasteiger partial charge in [0.2, 0.25) is 5.91 Å². The van der Waals surface area contributed by atoms with Crippen molar-refractivity contribution >= 4 is 23.5 Å². The van der Waals surface area contributed by atoms with Crippen molar-refractivity contribution in [1.82, 2.24) is 20.2 Å². The van der Waals surface area contributed by atoms with Crippen LogP contribution in [0, 0.1) is 6.92 Å². The monoisotopic (exact) mass is 433 g/mol. The standard InChI is InChI=1S/C21H25F2N5O3/c1-13-4-5-17(26-18-10-16(31-3)7-9-24-18)27-19(13)20(30)28-12-21(22,23)8-6-15(28)11-25-14(2)29/h4-5,7,9-10,15H,6,8,11-12H2,1-3H3,(H,25,29)(H,24,26,27)/t15-/m1/s1. The Morgan fingerprint density at radius 2 is 2.06 bits per heavy atom. The summed E-state index contributed by atoms with van der Waals surface area (Å²) in [5.74, 6) is -2.47. The number of nitrogens with zero attached hydrogens (tertiary/aromatic N) is 3. The van der Waals surface area contributed by atoms with Crippen LogP contribution in [0.15, 0.2) is 30.5 Å². The first kappa shape index (κ1) is 22.4. The van der Waals surface area contributed by atoms with Crippen molar-refractivity contribution in [1.29, 1.82) is 0 Å². The summed E-state index contributed by atoms with van der Waals surface area (Å²) in [5.41, 5.74) is 0.625. The van der Waals surface area contributed by atoms with Crippen molar-refractivity contribution in [2.45, 2.75) is 38.7 Å². The van der Waals surface area contributed by atoms with Crippen LogP contribution in [0.1, 0.15) is 35.8 Å². The van der Waals surface area contributed by atoms with Gasteiger partial charge in [-0.1, -0.05) is 6.07 Å². The van der Waals surface area contributed by atoms with E-state index in [-0.39, 0.29) is 31.0 Å². The number of nitrogens with one attached hydrogen (secondary N) is 2. The Balaban J connectivity index is 1.85. The Kier molecular flexibility index (Phi) is 6.67. The Morgan fingerprint density at radius 3 is 2.77 bits per heavy atom. The highest BCUT2D eigenvalue weighted by Crippen LogP contribution is 2.31. The summed E-state index contributed by atoms with van der Waals surface area (Å²) in [5, 5.41) is 5.61. The van der Waals surface area contributed by atoms with Gasteiger partial charge in [-0.25, -0.2) is 18.7 Å². The van der Waals surface area contributed by atoms with Gasteiger partial charge < -0.3 is 20.3 Å². The third kappa shape index (κ3) is 5.65. The van der Waals surface area contributed by atoms with E-state index in [0.29, 0.717) is 22.9 Å². The van der Waals surface area contributed by atoms with E-state index in [4.69, 9.17) is 4.74 Å². The third-order valence-electron chi connectivity index (χ3n) is 5.06. The second-order valence-electron chi connectivity index (χ2n) is 7.49. The van der Waals surface area contributed by atoms with Gasteiger partial charge >= 0.3 is 0 Å². The molecule has 10 heteroatoms. The minimum Gasteiger partial charge on any atom is -0.497 e. The number of alkyl halides is 2. The van der Waals surface area contributed by atoms with Gasteiger partial charge in [0.05, 0.1) is 13.7 Å². The van der Waals surface area contributed by atoms with Crippen LogP contribution in [-0.4, -0.2) is 58.8 Å². The predicted molar refractivity (Wildman–Crippen MR) is 111 cm³/mol. The van der Waals surface area contributed by atoms with Gasteiger partial charge in [-0.15, -0.1) is 0 Å². The minimum atomic E-state index is -2.99. The number of aryl methyl sites for hydroxylation is 1. The van der Waals surface area contributed by atoms with Crippen LogP contribution in [0.2, 0.25) is 0 Å². The lowest BCUT2D eigenvalue weighted by Gasteiger charge is -2.39. The van der Waals surface area contributed by atoms with Crippen LogP contribution in [0.3, 0.4) is 0 Å². The number of likely N-dealkylation sites (tertiary alicyclic amines) is 1. The molecule has 3 heterocycles. The number of aromatic nitrogens is 2. The summed E-state index contributed by atoms with van der Waals surface area (Å²) in [6.45, 7) is 2.43. The van der Waals surface area contributed by atoms with Crippen LogP contribution in [0.25, 0.3) is 0 Å². The normalized spacial score (nSPS) is 17.7. The average molecular weight is 433 g/mol. The van der Waals surface area contributed by atoms with Gasteiger partial charge in [-0.05, 0) is 31.0 Å². The van der Waals surface area contributed by atoms with E-state index in [1.165, 1.54) is 14.0 Å². The molecule has 0 unspecified atom stereocenters. The van der Waals surface area contributed by atoms with E-state index in [1.54, 1.807) is 37.4 Å². The number of amides is 2. The SMILES string of the molecule is COc1ccnc(Nc2ccc(C)c(C(=O)N3CC(F)(F)CC[C@@H]3CNC(C)=O)n2)c1. The van der Waals surface area contributed by atoms with Crippen LogP contribution in [0.5, 0.6) is 5.75 Å². The van der Waals surface area contributed by atoms with Gasteiger partial charge in [-0.3, -0.25) is 9.59 Å². The molecule has 2 amide bonds. The molecule has 1 saturated heterocycles. The lowest BCUT2D eigenvalue weighted by Crippen LogP contribution is -2.55. The van der Waals surface area contributed by atoms with Gasteiger partial charge in [0.25, 0.3) is 11.8 Å². The van der Waals surface area contributed by atoms with Crippen molar-refractivity contribution in [3.05, 3.63) is 41.7 Å². The van der Waals surface area contributed by atoms with Crippen molar-refractivity contribution < 1.29 is 23.1 Å². The van der Waals surface area contributed by atoms with Crippen molar-refractivity contribution in [3.8, 4) is 5.75 Å². The molecule has 1 aliphatic heterocycles. The number of carbonyl (C=O) groups is 2. The summed E-state index contributed by atoms with van der Waals surface area (Å²) in [7, 11) is 1.53. The number of rotatable bonds is 6. The Morgan fingerprint density at radius 1 is 1.29 bits per heavy atom. The highest BCUT2D eigenvalue weighted by Gasteiger charge is 2.42. The Hall–Kier alpha value is -3.30. The van der Waals surface area contributed by atoms with E-state index in [1.807, 2.05) is 0 Å². The van der Waals surface area contributed by atoms with Crippen LogP contribution >= 0.6 is 0 Å².